The van der Waals surface area contributed by atoms with Crippen LogP contribution in [-0.2, 0) is 4.74 Å². The van der Waals surface area contributed by atoms with Crippen molar-refractivity contribution in [1.29, 1.82) is 0 Å². The van der Waals surface area contributed by atoms with Gasteiger partial charge in [0.15, 0.2) is 0 Å². The highest BCUT2D eigenvalue weighted by Gasteiger charge is 2.36. The van der Waals surface area contributed by atoms with E-state index < -0.39 is 0 Å². The number of nitrogens with one attached hydrogen (secondary N) is 1. The van der Waals surface area contributed by atoms with Crippen molar-refractivity contribution in [3.8, 4) is 0 Å². The minimum absolute atomic E-state index is 0.340. The summed E-state index contributed by atoms with van der Waals surface area (Å²) in [6, 6.07) is 0.833. The average molecular weight is 296 g/mol. The summed E-state index contributed by atoms with van der Waals surface area (Å²) >= 11 is 0. The summed E-state index contributed by atoms with van der Waals surface area (Å²) in [6.45, 7) is 10.2. The first-order valence-electron chi connectivity index (χ1n) is 9.12. The molecule has 124 valence electrons. The third-order valence-electron chi connectivity index (χ3n) is 5.33. The van der Waals surface area contributed by atoms with Crippen LogP contribution >= 0.6 is 0 Å². The molecule has 1 aliphatic heterocycles. The van der Waals surface area contributed by atoms with Gasteiger partial charge in [-0.3, -0.25) is 4.90 Å². The van der Waals surface area contributed by atoms with Gasteiger partial charge >= 0.3 is 0 Å². The molecule has 1 saturated carbocycles. The predicted molar refractivity (Wildman–Crippen MR) is 89.7 cm³/mol. The van der Waals surface area contributed by atoms with Gasteiger partial charge in [0.2, 0.25) is 0 Å². The highest BCUT2D eigenvalue weighted by Crippen LogP contribution is 2.33. The Bertz CT molecular complexity index is 275. The molecule has 1 unspecified atom stereocenters. The van der Waals surface area contributed by atoms with Crippen LogP contribution in [0.15, 0.2) is 0 Å². The van der Waals surface area contributed by atoms with E-state index in [2.05, 4.69) is 31.1 Å². The van der Waals surface area contributed by atoms with E-state index in [4.69, 9.17) is 4.74 Å². The second kappa shape index (κ2) is 8.50. The number of hydrogen-bond acceptors (Lipinski definition) is 3. The van der Waals surface area contributed by atoms with Crippen molar-refractivity contribution in [2.75, 3.05) is 39.9 Å². The fourth-order valence-electron chi connectivity index (χ4n) is 4.12. The Morgan fingerprint density at radius 2 is 2.00 bits per heavy atom. The number of nitrogens with zero attached hydrogens (tertiary/aromatic N) is 1. The van der Waals surface area contributed by atoms with Crippen LogP contribution < -0.4 is 5.32 Å². The van der Waals surface area contributed by atoms with Gasteiger partial charge in [-0.1, -0.05) is 26.7 Å². The topological polar surface area (TPSA) is 24.5 Å². The normalized spacial score (nSPS) is 27.9. The largest absolute Gasteiger partial charge is 0.381 e. The standard InChI is InChI=1S/C18H36N2O/c1-16(2)9-11-20(17-7-4-5-8-17)14-18(13-19-3)10-6-12-21-15-18/h16-17,19H,4-15H2,1-3H3. The molecule has 1 aliphatic carbocycles. The molecule has 0 bridgehead atoms. The highest BCUT2D eigenvalue weighted by atomic mass is 16.5. The summed E-state index contributed by atoms with van der Waals surface area (Å²) in [5, 5.41) is 3.43. The minimum atomic E-state index is 0.340. The number of hydrogen-bond donors (Lipinski definition) is 1. The molecule has 2 fully saturated rings. The molecule has 1 atom stereocenters. The van der Waals surface area contributed by atoms with E-state index in [0.717, 1.165) is 31.7 Å². The molecule has 3 nitrogen and oxygen atoms in total. The maximum atomic E-state index is 5.86. The van der Waals surface area contributed by atoms with Crippen molar-refractivity contribution in [3.63, 3.8) is 0 Å². The predicted octanol–water partition coefficient (Wildman–Crippen LogP) is 3.29. The van der Waals surface area contributed by atoms with E-state index in [0.29, 0.717) is 5.41 Å². The summed E-state index contributed by atoms with van der Waals surface area (Å²) in [4.78, 5) is 2.82. The van der Waals surface area contributed by atoms with Crippen LogP contribution in [0.25, 0.3) is 0 Å². The molecular formula is C18H36N2O. The molecule has 2 rings (SSSR count). The summed E-state index contributed by atoms with van der Waals surface area (Å²) in [5.74, 6) is 0.803. The second-order valence-electron chi connectivity index (χ2n) is 7.78. The molecule has 1 heterocycles. The molecule has 0 spiro atoms. The Labute approximate surface area is 131 Å². The van der Waals surface area contributed by atoms with E-state index >= 15 is 0 Å². The first-order valence-corrected chi connectivity index (χ1v) is 9.12. The SMILES string of the molecule is CNCC1(CN(CCC(C)C)C2CCCC2)CCCOC1. The lowest BCUT2D eigenvalue weighted by atomic mass is 9.81. The Kier molecular flexibility index (Phi) is 6.97. The highest BCUT2D eigenvalue weighted by molar-refractivity contribution is 4.90. The van der Waals surface area contributed by atoms with Crippen molar-refractivity contribution in [2.45, 2.75) is 64.8 Å². The molecule has 0 aromatic heterocycles. The third-order valence-corrected chi connectivity index (χ3v) is 5.33. The molecule has 0 amide bonds. The van der Waals surface area contributed by atoms with Crippen molar-refractivity contribution in [2.24, 2.45) is 11.3 Å². The van der Waals surface area contributed by atoms with Gasteiger partial charge in [0.1, 0.15) is 0 Å². The molecule has 21 heavy (non-hydrogen) atoms. The zero-order chi connectivity index (χ0) is 15.1. The first kappa shape index (κ1) is 17.2. The van der Waals surface area contributed by atoms with Gasteiger partial charge in [-0.2, -0.15) is 0 Å². The van der Waals surface area contributed by atoms with Gasteiger partial charge < -0.3 is 10.1 Å². The van der Waals surface area contributed by atoms with Gasteiger partial charge in [-0.15, -0.1) is 0 Å². The molecule has 3 heteroatoms. The van der Waals surface area contributed by atoms with Crippen LogP contribution in [-0.4, -0.2) is 50.8 Å². The molecule has 0 aromatic rings. The average Bonchev–Trinajstić information content (AvgIpc) is 2.99. The molecule has 2 aliphatic rings. The van der Waals surface area contributed by atoms with Crippen LogP contribution in [0.1, 0.15) is 58.8 Å². The summed E-state index contributed by atoms with van der Waals surface area (Å²) in [7, 11) is 2.09. The second-order valence-corrected chi connectivity index (χ2v) is 7.78. The Morgan fingerprint density at radius 1 is 1.24 bits per heavy atom. The Morgan fingerprint density at radius 3 is 2.57 bits per heavy atom. The van der Waals surface area contributed by atoms with Crippen LogP contribution in [0.5, 0.6) is 0 Å². The zero-order valence-corrected chi connectivity index (χ0v) is 14.5. The monoisotopic (exact) mass is 296 g/mol. The van der Waals surface area contributed by atoms with E-state index in [9.17, 15) is 0 Å². The number of ether oxygens (including phenoxy) is 1. The van der Waals surface area contributed by atoms with Gasteiger partial charge in [0, 0.05) is 31.2 Å². The van der Waals surface area contributed by atoms with Crippen LogP contribution in [0, 0.1) is 11.3 Å². The van der Waals surface area contributed by atoms with E-state index in [1.54, 1.807) is 0 Å². The van der Waals surface area contributed by atoms with Gasteiger partial charge in [-0.25, -0.2) is 0 Å². The number of rotatable bonds is 8. The Hall–Kier alpha value is -0.120. The van der Waals surface area contributed by atoms with E-state index in [1.807, 2.05) is 0 Å². The lowest BCUT2D eigenvalue weighted by Gasteiger charge is -2.43. The van der Waals surface area contributed by atoms with Crippen molar-refractivity contribution in [3.05, 3.63) is 0 Å². The van der Waals surface area contributed by atoms with Crippen LogP contribution in [0.4, 0.5) is 0 Å². The fraction of sp³-hybridized carbons (Fsp3) is 1.00. The van der Waals surface area contributed by atoms with Crippen molar-refractivity contribution in [1.82, 2.24) is 10.2 Å². The Balaban J connectivity index is 1.99. The van der Waals surface area contributed by atoms with Gasteiger partial charge in [-0.05, 0) is 51.6 Å². The van der Waals surface area contributed by atoms with Gasteiger partial charge in [0.05, 0.1) is 6.61 Å². The van der Waals surface area contributed by atoms with Gasteiger partial charge in [0.25, 0.3) is 0 Å². The molecule has 0 radical (unpaired) electrons. The van der Waals surface area contributed by atoms with Crippen LogP contribution in [0.2, 0.25) is 0 Å². The van der Waals surface area contributed by atoms with Crippen LogP contribution in [0.3, 0.4) is 0 Å². The van der Waals surface area contributed by atoms with Crippen molar-refractivity contribution >= 4 is 0 Å². The summed E-state index contributed by atoms with van der Waals surface area (Å²) in [5.41, 5.74) is 0.340. The van der Waals surface area contributed by atoms with E-state index in [1.165, 1.54) is 58.0 Å². The fourth-order valence-corrected chi connectivity index (χ4v) is 4.12. The lowest BCUT2D eigenvalue weighted by Crippen LogP contribution is -2.51. The van der Waals surface area contributed by atoms with Crippen molar-refractivity contribution < 1.29 is 4.74 Å². The molecular weight excluding hydrogens is 260 g/mol. The summed E-state index contributed by atoms with van der Waals surface area (Å²) < 4.78 is 5.86. The first-order chi connectivity index (χ1) is 10.2. The lowest BCUT2D eigenvalue weighted by molar-refractivity contribution is -0.0325. The third kappa shape index (κ3) is 5.22. The zero-order valence-electron chi connectivity index (χ0n) is 14.5. The quantitative estimate of drug-likeness (QED) is 0.744. The van der Waals surface area contributed by atoms with E-state index in [-0.39, 0.29) is 0 Å². The maximum absolute atomic E-state index is 5.86. The molecule has 1 saturated heterocycles. The molecule has 0 aromatic carbocycles. The summed E-state index contributed by atoms with van der Waals surface area (Å²) in [6.07, 6.45) is 9.55. The maximum Gasteiger partial charge on any atom is 0.0546 e. The minimum Gasteiger partial charge on any atom is -0.381 e. The smallest absolute Gasteiger partial charge is 0.0546 e. The molecule has 1 N–H and O–H groups in total.